The van der Waals surface area contributed by atoms with Crippen molar-refractivity contribution in [3.8, 4) is 0 Å². The fourth-order valence-corrected chi connectivity index (χ4v) is 5.91. The number of carbonyl (C=O) groups is 2. The van der Waals surface area contributed by atoms with E-state index < -0.39 is 22.4 Å². The van der Waals surface area contributed by atoms with Gasteiger partial charge in [0.05, 0.1) is 25.6 Å². The summed E-state index contributed by atoms with van der Waals surface area (Å²) in [4.78, 5) is 25.3. The van der Waals surface area contributed by atoms with E-state index in [9.17, 15) is 14.7 Å². The van der Waals surface area contributed by atoms with Gasteiger partial charge in [-0.25, -0.2) is 4.79 Å². The van der Waals surface area contributed by atoms with Gasteiger partial charge in [0.2, 0.25) is 0 Å². The lowest BCUT2D eigenvalue weighted by Gasteiger charge is -2.62. The highest BCUT2D eigenvalue weighted by molar-refractivity contribution is 5.84. The number of carbonyl (C=O) groups excluding carboxylic acids is 2. The number of rotatable bonds is 2. The Bertz CT molecular complexity index is 783. The number of cyclic esters (lactones) is 1. The van der Waals surface area contributed by atoms with E-state index in [0.717, 1.165) is 5.56 Å². The molecule has 1 aromatic rings. The first-order valence-corrected chi connectivity index (χ1v) is 9.47. The quantitative estimate of drug-likeness (QED) is 0.632. The van der Waals surface area contributed by atoms with E-state index in [2.05, 4.69) is 6.92 Å². The number of ether oxygens (including phenoxy) is 2. The van der Waals surface area contributed by atoms with Crippen molar-refractivity contribution in [1.82, 2.24) is 0 Å². The van der Waals surface area contributed by atoms with Crippen LogP contribution >= 0.6 is 0 Å². The first-order chi connectivity index (χ1) is 12.8. The first-order valence-electron chi connectivity index (χ1n) is 9.47. The molecule has 1 saturated heterocycles. The molecule has 2 fully saturated rings. The molecule has 6 heteroatoms. The van der Waals surface area contributed by atoms with Gasteiger partial charge >= 0.3 is 11.9 Å². The Morgan fingerprint density at radius 2 is 2.15 bits per heavy atom. The van der Waals surface area contributed by atoms with Crippen LogP contribution in [0.5, 0.6) is 0 Å². The minimum absolute atomic E-state index is 0.0555. The van der Waals surface area contributed by atoms with Crippen LogP contribution in [-0.2, 0) is 19.1 Å². The van der Waals surface area contributed by atoms with Crippen molar-refractivity contribution >= 4 is 11.9 Å². The minimum atomic E-state index is -1.69. The van der Waals surface area contributed by atoms with Crippen molar-refractivity contribution < 1.29 is 28.6 Å². The normalized spacial score (nSPS) is 43.4. The van der Waals surface area contributed by atoms with E-state index in [1.165, 1.54) is 7.11 Å². The number of hydrogen-bond acceptors (Lipinski definition) is 6. The van der Waals surface area contributed by atoms with Gasteiger partial charge in [0.1, 0.15) is 6.10 Å². The van der Waals surface area contributed by atoms with E-state index >= 15 is 0 Å². The predicted molar refractivity (Wildman–Crippen MR) is 95.3 cm³/mol. The number of aliphatic hydroxyl groups is 1. The van der Waals surface area contributed by atoms with Crippen LogP contribution in [0.2, 0.25) is 0 Å². The molecule has 6 atom stereocenters. The number of allylic oxidation sites excluding steroid dienone is 1. The summed E-state index contributed by atoms with van der Waals surface area (Å²) in [6.07, 6.45) is 8.70. The third-order valence-electron chi connectivity index (χ3n) is 7.49. The lowest BCUT2D eigenvalue weighted by atomic mass is 9.43. The second-order valence-electron chi connectivity index (χ2n) is 8.65. The Hall–Kier alpha value is -2.08. The average molecular weight is 374 g/mol. The van der Waals surface area contributed by atoms with E-state index in [1.54, 1.807) is 18.6 Å². The molecule has 6 nitrogen and oxygen atoms in total. The molecule has 1 aliphatic heterocycles. The van der Waals surface area contributed by atoms with Crippen molar-refractivity contribution in [2.45, 2.75) is 51.2 Å². The van der Waals surface area contributed by atoms with E-state index in [1.807, 2.05) is 19.1 Å². The molecule has 2 heterocycles. The topological polar surface area (TPSA) is 86.0 Å². The summed E-state index contributed by atoms with van der Waals surface area (Å²) in [7, 11) is 1.29. The zero-order valence-corrected chi connectivity index (χ0v) is 15.9. The van der Waals surface area contributed by atoms with Crippen LogP contribution in [0.25, 0.3) is 0 Å². The molecule has 1 saturated carbocycles. The van der Waals surface area contributed by atoms with E-state index in [-0.39, 0.29) is 23.9 Å². The molecule has 146 valence electrons. The summed E-state index contributed by atoms with van der Waals surface area (Å²) in [5, 5.41) is 11.3. The lowest BCUT2D eigenvalue weighted by molar-refractivity contribution is -0.216. The Morgan fingerprint density at radius 3 is 2.81 bits per heavy atom. The van der Waals surface area contributed by atoms with E-state index in [0.29, 0.717) is 25.7 Å². The van der Waals surface area contributed by atoms with Gasteiger partial charge in [0, 0.05) is 11.0 Å². The van der Waals surface area contributed by atoms with Gasteiger partial charge in [-0.2, -0.15) is 0 Å². The van der Waals surface area contributed by atoms with Gasteiger partial charge in [0.25, 0.3) is 0 Å². The highest BCUT2D eigenvalue weighted by Crippen LogP contribution is 2.65. The molecule has 0 unspecified atom stereocenters. The first kappa shape index (κ1) is 18.3. The van der Waals surface area contributed by atoms with Crippen LogP contribution in [0.4, 0.5) is 0 Å². The molecule has 4 rings (SSSR count). The Morgan fingerprint density at radius 1 is 1.37 bits per heavy atom. The van der Waals surface area contributed by atoms with E-state index in [4.69, 9.17) is 13.9 Å². The fraction of sp³-hybridized carbons (Fsp3) is 0.619. The molecular weight excluding hydrogens is 348 g/mol. The SMILES string of the molecule is COC(=O)[C@@]1(O)C=CC[C@H]2[C@]3(C)C[C@@H](c4ccoc4)OC(=O)[C@@H]3CC[C@]21C. The zero-order valence-electron chi connectivity index (χ0n) is 15.9. The average Bonchev–Trinajstić information content (AvgIpc) is 3.16. The van der Waals surface area contributed by atoms with Crippen molar-refractivity contribution in [2.24, 2.45) is 22.7 Å². The highest BCUT2D eigenvalue weighted by atomic mass is 16.5. The molecule has 0 radical (unpaired) electrons. The van der Waals surface area contributed by atoms with Gasteiger partial charge in [-0.15, -0.1) is 0 Å². The predicted octanol–water partition coefficient (Wildman–Crippen LogP) is 3.17. The third kappa shape index (κ3) is 2.35. The van der Waals surface area contributed by atoms with Crippen molar-refractivity contribution in [1.29, 1.82) is 0 Å². The molecule has 0 bridgehead atoms. The molecule has 1 N–H and O–H groups in total. The molecule has 2 aliphatic carbocycles. The van der Waals surface area contributed by atoms with Gasteiger partial charge in [-0.1, -0.05) is 19.9 Å². The van der Waals surface area contributed by atoms with Crippen molar-refractivity contribution in [3.63, 3.8) is 0 Å². The minimum Gasteiger partial charge on any atom is -0.472 e. The second kappa shape index (κ2) is 5.96. The number of esters is 2. The smallest absolute Gasteiger partial charge is 0.342 e. The number of methoxy groups -OCH3 is 1. The van der Waals surface area contributed by atoms with Crippen LogP contribution in [0.15, 0.2) is 35.2 Å². The van der Waals surface area contributed by atoms with Crippen molar-refractivity contribution in [2.75, 3.05) is 7.11 Å². The monoisotopic (exact) mass is 374 g/mol. The Labute approximate surface area is 158 Å². The molecule has 1 aromatic heterocycles. The van der Waals surface area contributed by atoms with Crippen LogP contribution in [0.1, 0.15) is 51.2 Å². The molecule has 0 amide bonds. The lowest BCUT2D eigenvalue weighted by Crippen LogP contribution is -2.65. The summed E-state index contributed by atoms with van der Waals surface area (Å²) in [6, 6.07) is 1.81. The summed E-state index contributed by atoms with van der Waals surface area (Å²) in [6.45, 7) is 4.05. The number of fused-ring (bicyclic) bond motifs is 3. The Kier molecular flexibility index (Phi) is 4.04. The van der Waals surface area contributed by atoms with Gasteiger partial charge < -0.3 is 19.0 Å². The van der Waals surface area contributed by atoms with Crippen LogP contribution in [0, 0.1) is 22.7 Å². The maximum absolute atomic E-state index is 12.8. The number of hydrogen-bond donors (Lipinski definition) is 1. The molecular formula is C21H26O6. The maximum atomic E-state index is 12.8. The van der Waals surface area contributed by atoms with Gasteiger partial charge in [0.15, 0.2) is 5.60 Å². The molecule has 0 spiro atoms. The summed E-state index contributed by atoms with van der Waals surface area (Å²) in [5.41, 5.74) is -1.97. The zero-order chi connectivity index (χ0) is 19.4. The van der Waals surface area contributed by atoms with Crippen molar-refractivity contribution in [3.05, 3.63) is 36.3 Å². The summed E-state index contributed by atoms with van der Waals surface area (Å²) < 4.78 is 15.8. The molecule has 0 aromatic carbocycles. The summed E-state index contributed by atoms with van der Waals surface area (Å²) >= 11 is 0. The maximum Gasteiger partial charge on any atom is 0.342 e. The Balaban J connectivity index is 1.76. The standard InChI is InChI=1S/C21H26O6/c1-19-11-15(13-7-10-26-12-13)27-17(22)14(19)6-9-20(2)16(19)5-4-8-21(20,24)18(23)25-3/h4,7-8,10,12,14-16,24H,5-6,9,11H2,1-3H3/t14-,15-,16-,19+,20+,21-/m0/s1. The van der Waals surface area contributed by atoms with Gasteiger partial charge in [-0.05, 0) is 49.2 Å². The molecule has 27 heavy (non-hydrogen) atoms. The fourth-order valence-electron chi connectivity index (χ4n) is 5.91. The van der Waals surface area contributed by atoms with Crippen LogP contribution in [-0.4, -0.2) is 29.8 Å². The van der Waals surface area contributed by atoms with Crippen LogP contribution in [0.3, 0.4) is 0 Å². The third-order valence-corrected chi connectivity index (χ3v) is 7.49. The second-order valence-corrected chi connectivity index (χ2v) is 8.65. The van der Waals surface area contributed by atoms with Gasteiger partial charge in [-0.3, -0.25) is 4.79 Å². The van der Waals surface area contributed by atoms with Crippen LogP contribution < -0.4 is 0 Å². The number of furan rings is 1. The highest BCUT2D eigenvalue weighted by Gasteiger charge is 2.67. The summed E-state index contributed by atoms with van der Waals surface area (Å²) in [5.74, 6) is -1.14. The molecule has 3 aliphatic rings. The largest absolute Gasteiger partial charge is 0.472 e.